The van der Waals surface area contributed by atoms with Crippen LogP contribution in [0.1, 0.15) is 30.2 Å². The van der Waals surface area contributed by atoms with E-state index in [2.05, 4.69) is 10.3 Å². The van der Waals surface area contributed by atoms with E-state index in [0.717, 1.165) is 16.8 Å². The second-order valence-corrected chi connectivity index (χ2v) is 5.52. The lowest BCUT2D eigenvalue weighted by atomic mass is 10.0. The summed E-state index contributed by atoms with van der Waals surface area (Å²) < 4.78 is 13.4. The van der Waals surface area contributed by atoms with Crippen molar-refractivity contribution in [3.05, 3.63) is 59.7 Å². The Morgan fingerprint density at radius 2 is 1.91 bits per heavy atom. The van der Waals surface area contributed by atoms with Crippen molar-refractivity contribution >= 4 is 5.69 Å². The van der Waals surface area contributed by atoms with Crippen LogP contribution in [-0.2, 0) is 0 Å². The molecule has 0 aliphatic carbocycles. The molecule has 0 bridgehead atoms. The highest BCUT2D eigenvalue weighted by molar-refractivity contribution is 5.54. The van der Waals surface area contributed by atoms with Gasteiger partial charge in [-0.15, -0.1) is 0 Å². The fraction of sp³-hybridized carbons (Fsp3) is 0.353. The highest BCUT2D eigenvalue weighted by Gasteiger charge is 2.15. The van der Waals surface area contributed by atoms with Gasteiger partial charge in [0.25, 0.3) is 0 Å². The Morgan fingerprint density at radius 3 is 2.55 bits per heavy atom. The number of halogens is 1. The molecule has 4 nitrogen and oxygen atoms in total. The summed E-state index contributed by atoms with van der Waals surface area (Å²) >= 11 is 0. The molecule has 22 heavy (non-hydrogen) atoms. The Balaban J connectivity index is 2.05. The van der Waals surface area contributed by atoms with Crippen molar-refractivity contribution in [1.82, 2.24) is 10.3 Å². The van der Waals surface area contributed by atoms with Gasteiger partial charge >= 0.3 is 0 Å². The Hall–Kier alpha value is -1.98. The molecule has 0 saturated heterocycles. The third kappa shape index (κ3) is 4.02. The van der Waals surface area contributed by atoms with Gasteiger partial charge in [-0.1, -0.05) is 6.07 Å². The zero-order valence-electron chi connectivity index (χ0n) is 13.1. The molecule has 2 rings (SSSR count). The van der Waals surface area contributed by atoms with Crippen LogP contribution < -0.4 is 10.2 Å². The van der Waals surface area contributed by atoms with Gasteiger partial charge in [-0.05, 0) is 42.3 Å². The Morgan fingerprint density at radius 1 is 1.23 bits per heavy atom. The maximum Gasteiger partial charge on any atom is 0.125 e. The molecular formula is C17H22FN3O. The van der Waals surface area contributed by atoms with Crippen molar-refractivity contribution < 1.29 is 9.50 Å². The number of nitrogens with zero attached hydrogens (tertiary/aromatic N) is 2. The fourth-order valence-electron chi connectivity index (χ4n) is 2.37. The van der Waals surface area contributed by atoms with Gasteiger partial charge in [0, 0.05) is 44.8 Å². The zero-order valence-corrected chi connectivity index (χ0v) is 13.1. The van der Waals surface area contributed by atoms with Crippen LogP contribution in [0.15, 0.2) is 42.7 Å². The van der Waals surface area contributed by atoms with Crippen molar-refractivity contribution in [3.8, 4) is 0 Å². The molecule has 0 saturated carbocycles. The van der Waals surface area contributed by atoms with Gasteiger partial charge in [-0.25, -0.2) is 4.39 Å². The summed E-state index contributed by atoms with van der Waals surface area (Å²) in [7, 11) is 3.77. The van der Waals surface area contributed by atoms with Crippen molar-refractivity contribution in [2.45, 2.75) is 19.1 Å². The molecule has 1 aromatic heterocycles. The van der Waals surface area contributed by atoms with Crippen molar-refractivity contribution in [2.75, 3.05) is 25.5 Å². The van der Waals surface area contributed by atoms with Gasteiger partial charge in [-0.2, -0.15) is 0 Å². The summed E-state index contributed by atoms with van der Waals surface area (Å²) in [6.45, 7) is 2.41. The van der Waals surface area contributed by atoms with Crippen LogP contribution in [0.4, 0.5) is 10.1 Å². The van der Waals surface area contributed by atoms with E-state index in [9.17, 15) is 9.50 Å². The molecule has 118 valence electrons. The van der Waals surface area contributed by atoms with Crippen LogP contribution in [0.25, 0.3) is 0 Å². The minimum atomic E-state index is -0.603. The quantitative estimate of drug-likeness (QED) is 0.861. The van der Waals surface area contributed by atoms with E-state index >= 15 is 0 Å². The number of aliphatic hydroxyl groups is 1. The number of benzene rings is 1. The molecule has 0 aliphatic rings. The first-order chi connectivity index (χ1) is 10.5. The van der Waals surface area contributed by atoms with Crippen molar-refractivity contribution in [1.29, 1.82) is 0 Å². The van der Waals surface area contributed by atoms with Crippen molar-refractivity contribution in [3.63, 3.8) is 0 Å². The average Bonchev–Trinajstić information content (AvgIpc) is 2.53. The Bertz CT molecular complexity index is 604. The van der Waals surface area contributed by atoms with E-state index in [-0.39, 0.29) is 11.9 Å². The SMILES string of the molecule is CC(NCC(O)c1ccncc1)c1ccc(F)cc1N(C)C. The third-order valence-corrected chi connectivity index (χ3v) is 3.65. The minimum Gasteiger partial charge on any atom is -0.387 e. The second kappa shape index (κ2) is 7.33. The number of aliphatic hydroxyl groups excluding tert-OH is 1. The lowest BCUT2D eigenvalue weighted by Gasteiger charge is -2.23. The molecule has 2 atom stereocenters. The molecule has 1 aromatic carbocycles. The maximum absolute atomic E-state index is 13.4. The molecule has 2 N–H and O–H groups in total. The van der Waals surface area contributed by atoms with E-state index in [0.29, 0.717) is 6.54 Å². The molecule has 5 heteroatoms. The number of anilines is 1. The molecule has 0 amide bonds. The fourth-order valence-corrected chi connectivity index (χ4v) is 2.37. The summed E-state index contributed by atoms with van der Waals surface area (Å²) in [6.07, 6.45) is 2.71. The van der Waals surface area contributed by atoms with Crippen LogP contribution >= 0.6 is 0 Å². The topological polar surface area (TPSA) is 48.4 Å². The predicted octanol–water partition coefficient (Wildman–Crippen LogP) is 2.67. The van der Waals surface area contributed by atoms with E-state index in [1.54, 1.807) is 30.6 Å². The minimum absolute atomic E-state index is 0.00510. The first-order valence-corrected chi connectivity index (χ1v) is 7.27. The van der Waals surface area contributed by atoms with Crippen LogP contribution in [0, 0.1) is 5.82 Å². The van der Waals surface area contributed by atoms with Crippen LogP contribution in [0.3, 0.4) is 0 Å². The highest BCUT2D eigenvalue weighted by Crippen LogP contribution is 2.26. The summed E-state index contributed by atoms with van der Waals surface area (Å²) in [5.41, 5.74) is 2.65. The van der Waals surface area contributed by atoms with Gasteiger partial charge in [-0.3, -0.25) is 4.98 Å². The Kier molecular flexibility index (Phi) is 5.46. The van der Waals surface area contributed by atoms with Gasteiger partial charge < -0.3 is 15.3 Å². The first kappa shape index (κ1) is 16.4. The predicted molar refractivity (Wildman–Crippen MR) is 86.3 cm³/mol. The Labute approximate surface area is 130 Å². The molecule has 0 fully saturated rings. The largest absolute Gasteiger partial charge is 0.387 e. The number of hydrogen-bond donors (Lipinski definition) is 2. The van der Waals surface area contributed by atoms with Crippen LogP contribution in [-0.4, -0.2) is 30.7 Å². The standard InChI is InChI=1S/C17H22FN3O/c1-12(15-5-4-14(18)10-16(15)21(2)3)20-11-17(22)13-6-8-19-9-7-13/h4-10,12,17,20,22H,11H2,1-3H3. The monoisotopic (exact) mass is 303 g/mol. The van der Waals surface area contributed by atoms with Crippen LogP contribution in [0.5, 0.6) is 0 Å². The summed E-state index contributed by atoms with van der Waals surface area (Å²) in [4.78, 5) is 5.82. The number of nitrogens with one attached hydrogen (secondary N) is 1. The first-order valence-electron chi connectivity index (χ1n) is 7.27. The number of hydrogen-bond acceptors (Lipinski definition) is 4. The lowest BCUT2D eigenvalue weighted by Crippen LogP contribution is -2.26. The molecular weight excluding hydrogens is 281 g/mol. The maximum atomic E-state index is 13.4. The third-order valence-electron chi connectivity index (χ3n) is 3.65. The number of rotatable bonds is 6. The molecule has 0 spiro atoms. The number of aromatic nitrogens is 1. The normalized spacial score (nSPS) is 13.7. The van der Waals surface area contributed by atoms with E-state index < -0.39 is 6.10 Å². The van der Waals surface area contributed by atoms with Gasteiger partial charge in [0.15, 0.2) is 0 Å². The van der Waals surface area contributed by atoms with E-state index in [1.807, 2.05) is 25.9 Å². The van der Waals surface area contributed by atoms with E-state index in [4.69, 9.17) is 0 Å². The highest BCUT2D eigenvalue weighted by atomic mass is 19.1. The molecule has 2 unspecified atom stereocenters. The van der Waals surface area contributed by atoms with Gasteiger partial charge in [0.1, 0.15) is 5.82 Å². The second-order valence-electron chi connectivity index (χ2n) is 5.52. The van der Waals surface area contributed by atoms with Crippen molar-refractivity contribution in [2.24, 2.45) is 0 Å². The van der Waals surface area contributed by atoms with Gasteiger partial charge in [0.2, 0.25) is 0 Å². The smallest absolute Gasteiger partial charge is 0.125 e. The zero-order chi connectivity index (χ0) is 16.1. The lowest BCUT2D eigenvalue weighted by molar-refractivity contribution is 0.170. The van der Waals surface area contributed by atoms with E-state index in [1.165, 1.54) is 12.1 Å². The summed E-state index contributed by atoms with van der Waals surface area (Å²) in [5, 5.41) is 13.5. The molecule has 0 aliphatic heterocycles. The number of pyridine rings is 1. The molecule has 0 radical (unpaired) electrons. The van der Waals surface area contributed by atoms with Gasteiger partial charge in [0.05, 0.1) is 6.10 Å². The average molecular weight is 303 g/mol. The molecule has 1 heterocycles. The van der Waals surface area contributed by atoms with Crippen LogP contribution in [0.2, 0.25) is 0 Å². The molecule has 2 aromatic rings. The summed E-state index contributed by atoms with van der Waals surface area (Å²) in [5.74, 6) is -0.253. The summed E-state index contributed by atoms with van der Waals surface area (Å²) in [6, 6.07) is 8.34.